The largest absolute Gasteiger partial charge is 0.430 e. The van der Waals surface area contributed by atoms with Crippen molar-refractivity contribution >= 4 is 11.4 Å². The van der Waals surface area contributed by atoms with Crippen LogP contribution >= 0.6 is 0 Å². The van der Waals surface area contributed by atoms with Crippen LogP contribution in [0.15, 0.2) is 12.1 Å². The van der Waals surface area contributed by atoms with Gasteiger partial charge in [0, 0.05) is 22.5 Å². The van der Waals surface area contributed by atoms with Gasteiger partial charge in [-0.1, -0.05) is 0 Å². The van der Waals surface area contributed by atoms with Crippen molar-refractivity contribution in [3.8, 4) is 0 Å². The molecule has 0 aromatic heterocycles. The third-order valence-electron chi connectivity index (χ3n) is 7.35. The maximum Gasteiger partial charge on any atom is 0.430 e. The molecular weight excluding hydrogens is 633 g/mol. The summed E-state index contributed by atoms with van der Waals surface area (Å²) >= 11 is 0. The number of alkyl halides is 15. The van der Waals surface area contributed by atoms with Gasteiger partial charge in [0.1, 0.15) is 5.92 Å². The normalized spacial score (nSPS) is 14.6. The molecule has 43 heavy (non-hydrogen) atoms. The molecule has 2 aromatic carbocycles. The summed E-state index contributed by atoms with van der Waals surface area (Å²) in [4.78, 5) is 0. The first kappa shape index (κ1) is 36.1. The van der Waals surface area contributed by atoms with E-state index in [0.717, 1.165) is 13.8 Å². The van der Waals surface area contributed by atoms with Crippen LogP contribution in [-0.2, 0) is 11.2 Å². The van der Waals surface area contributed by atoms with Gasteiger partial charge in [-0.2, -0.15) is 65.9 Å². The summed E-state index contributed by atoms with van der Waals surface area (Å²) in [5.74, 6) is -3.53. The maximum atomic E-state index is 14.6. The van der Waals surface area contributed by atoms with Crippen molar-refractivity contribution in [2.24, 2.45) is 0 Å². The van der Waals surface area contributed by atoms with Gasteiger partial charge in [-0.05, 0) is 73.2 Å². The quantitative estimate of drug-likeness (QED) is 0.204. The molecule has 0 saturated heterocycles. The Balaban J connectivity index is 3.25. The van der Waals surface area contributed by atoms with E-state index in [4.69, 9.17) is 11.5 Å². The van der Waals surface area contributed by atoms with Gasteiger partial charge in [0.15, 0.2) is 0 Å². The van der Waals surface area contributed by atoms with Crippen molar-refractivity contribution in [1.29, 1.82) is 0 Å². The Morgan fingerprint density at radius 3 is 0.907 bits per heavy atom. The number of hydrogen-bond acceptors (Lipinski definition) is 4. The van der Waals surface area contributed by atoms with Crippen molar-refractivity contribution in [3.05, 3.63) is 56.6 Å². The van der Waals surface area contributed by atoms with Gasteiger partial charge in [-0.15, -0.1) is 0 Å². The molecule has 4 nitrogen and oxygen atoms in total. The minimum absolute atomic E-state index is 0.415. The van der Waals surface area contributed by atoms with Crippen LogP contribution in [0.3, 0.4) is 0 Å². The molecule has 0 spiro atoms. The maximum absolute atomic E-state index is 14.6. The van der Waals surface area contributed by atoms with Crippen molar-refractivity contribution < 1.29 is 76.1 Å². The van der Waals surface area contributed by atoms with E-state index in [0.29, 0.717) is 13.8 Å². The number of rotatable bonds is 4. The smallest absolute Gasteiger partial charge is 0.398 e. The second kappa shape index (κ2) is 10.2. The fraction of sp³-hybridized carbons (Fsp3) is 0.500. The Labute approximate surface area is 232 Å². The van der Waals surface area contributed by atoms with Crippen LogP contribution in [0.2, 0.25) is 0 Å². The van der Waals surface area contributed by atoms with Gasteiger partial charge < -0.3 is 21.7 Å². The summed E-state index contributed by atoms with van der Waals surface area (Å²) < 4.78 is 208. The Bertz CT molecular complexity index is 1270. The van der Waals surface area contributed by atoms with Gasteiger partial charge >= 0.3 is 30.9 Å². The Morgan fingerprint density at radius 1 is 0.488 bits per heavy atom. The third-order valence-corrected chi connectivity index (χ3v) is 7.35. The van der Waals surface area contributed by atoms with Crippen molar-refractivity contribution in [3.63, 3.8) is 0 Å². The highest BCUT2D eigenvalue weighted by atomic mass is 19.4. The van der Waals surface area contributed by atoms with Gasteiger partial charge in [0.25, 0.3) is 11.2 Å². The Hall–Kier alpha value is -3.09. The summed E-state index contributed by atoms with van der Waals surface area (Å²) in [6, 6.07) is -0.831. The first-order valence-electron chi connectivity index (χ1n) is 11.4. The van der Waals surface area contributed by atoms with E-state index in [9.17, 15) is 76.1 Å². The number of aliphatic hydroxyl groups is 2. The van der Waals surface area contributed by atoms with E-state index in [2.05, 4.69) is 0 Å². The molecule has 0 radical (unpaired) electrons. The van der Waals surface area contributed by atoms with Crippen LogP contribution in [0.5, 0.6) is 0 Å². The highest BCUT2D eigenvalue weighted by Crippen LogP contribution is 2.56. The average Bonchev–Trinajstić information content (AvgIpc) is 2.79. The van der Waals surface area contributed by atoms with E-state index < -0.39 is 116 Å². The molecule has 0 amide bonds. The Morgan fingerprint density at radius 2 is 0.721 bits per heavy atom. The zero-order chi connectivity index (χ0) is 34.3. The van der Waals surface area contributed by atoms with Crippen LogP contribution in [0.25, 0.3) is 0 Å². The lowest BCUT2D eigenvalue weighted by Crippen LogP contribution is -2.54. The number of benzene rings is 2. The lowest BCUT2D eigenvalue weighted by atomic mass is 9.77. The van der Waals surface area contributed by atoms with E-state index in [1.807, 2.05) is 0 Å². The zero-order valence-electron chi connectivity index (χ0n) is 22.0. The third kappa shape index (κ3) is 5.42. The monoisotopic (exact) mass is 654 g/mol. The lowest BCUT2D eigenvalue weighted by molar-refractivity contribution is -0.376. The number of anilines is 2. The first-order valence-corrected chi connectivity index (χ1v) is 11.4. The lowest BCUT2D eigenvalue weighted by Gasteiger charge is -2.37. The average molecular weight is 654 g/mol. The molecule has 0 aliphatic rings. The van der Waals surface area contributed by atoms with Crippen LogP contribution < -0.4 is 11.5 Å². The van der Waals surface area contributed by atoms with Gasteiger partial charge in [0.05, 0.1) is 0 Å². The van der Waals surface area contributed by atoms with Crippen molar-refractivity contribution in [1.82, 2.24) is 0 Å². The van der Waals surface area contributed by atoms with Gasteiger partial charge in [0.2, 0.25) is 0 Å². The molecule has 0 heterocycles. The van der Waals surface area contributed by atoms with Crippen LogP contribution in [0.1, 0.15) is 50.4 Å². The summed E-state index contributed by atoms with van der Waals surface area (Å²) in [5, 5.41) is 19.8. The molecule has 0 fully saturated rings. The second-order valence-electron chi connectivity index (χ2n) is 9.74. The highest BCUT2D eigenvalue weighted by molar-refractivity contribution is 5.66. The minimum atomic E-state index is -6.64. The molecule has 0 atom stereocenters. The van der Waals surface area contributed by atoms with E-state index in [1.54, 1.807) is 0 Å². The predicted molar refractivity (Wildman–Crippen MR) is 121 cm³/mol. The number of nitrogen functional groups attached to an aromatic ring is 2. The van der Waals surface area contributed by atoms with Gasteiger partial charge in [-0.3, -0.25) is 0 Å². The standard InChI is InChI=1S/C24H21F15N2O2/c1-7-9(3)16(40)13(18(42,21(28,29)30)22(31,32)33)5-11(7)15(20(25,26)27)12-6-14(17(41)10(4)8(12)2)19(43,23(34,35)36)24(37,38)39/h5-6,15,42-43H,40-41H2,1-4H3. The zero-order valence-corrected chi connectivity index (χ0v) is 22.0. The summed E-state index contributed by atoms with van der Waals surface area (Å²) in [6.45, 7) is 2.81. The fourth-order valence-corrected chi connectivity index (χ4v) is 4.57. The number of hydrogen-bond donors (Lipinski definition) is 4. The van der Waals surface area contributed by atoms with Crippen molar-refractivity contribution in [2.45, 2.75) is 75.7 Å². The fourth-order valence-electron chi connectivity index (χ4n) is 4.57. The van der Waals surface area contributed by atoms with E-state index >= 15 is 0 Å². The highest BCUT2D eigenvalue weighted by Gasteiger charge is 2.73. The summed E-state index contributed by atoms with van der Waals surface area (Å²) in [6.07, 6.45) is -32.4. The summed E-state index contributed by atoms with van der Waals surface area (Å²) in [7, 11) is 0. The van der Waals surface area contributed by atoms with Crippen molar-refractivity contribution in [2.75, 3.05) is 11.5 Å². The molecule has 0 bridgehead atoms. The first-order chi connectivity index (χ1) is 18.8. The topological polar surface area (TPSA) is 92.5 Å². The van der Waals surface area contributed by atoms with Gasteiger partial charge in [-0.25, -0.2) is 0 Å². The van der Waals surface area contributed by atoms with E-state index in [-0.39, 0.29) is 0 Å². The molecular formula is C24H21F15N2O2. The number of nitrogens with two attached hydrogens (primary N) is 2. The predicted octanol–water partition coefficient (Wildman–Crippen LogP) is 7.40. The van der Waals surface area contributed by atoms with Crippen LogP contribution in [0.4, 0.5) is 77.2 Å². The van der Waals surface area contributed by atoms with Crippen LogP contribution in [-0.4, -0.2) is 41.1 Å². The summed E-state index contributed by atoms with van der Waals surface area (Å²) in [5.41, 5.74) is -14.8. The van der Waals surface area contributed by atoms with Crippen LogP contribution in [0, 0.1) is 27.7 Å². The molecule has 6 N–H and O–H groups in total. The molecule has 0 aliphatic carbocycles. The van der Waals surface area contributed by atoms with E-state index in [1.165, 1.54) is 0 Å². The molecule has 2 aromatic rings. The minimum Gasteiger partial charge on any atom is -0.398 e. The molecule has 0 saturated carbocycles. The second-order valence-corrected chi connectivity index (χ2v) is 9.74. The molecule has 244 valence electrons. The molecule has 0 aliphatic heterocycles. The Kier molecular flexibility index (Phi) is 8.59. The molecule has 0 unspecified atom stereocenters. The molecule has 2 rings (SSSR count). The SMILES string of the molecule is Cc1c(C(c2cc(C(O)(C(F)(F)F)C(F)(F)F)c(N)c(C)c2C)C(F)(F)F)cc(C(O)(C(F)(F)F)C(F)(F)F)c(N)c1C. The number of halogens is 15. The molecule has 19 heteroatoms.